The molecule has 0 aromatic carbocycles. The maximum Gasteiger partial charge on any atom is 0.306 e. The first-order chi connectivity index (χ1) is 33.5. The third-order valence-electron chi connectivity index (χ3n) is 12.7. The van der Waals surface area contributed by atoms with Crippen LogP contribution in [0.25, 0.3) is 0 Å². The quantitative estimate of drug-likeness (QED) is 0.0321. The Morgan fingerprint density at radius 1 is 0.441 bits per heavy atom. The number of amides is 1. The molecule has 0 spiro atoms. The Morgan fingerprint density at radius 3 is 1.24 bits per heavy atom. The van der Waals surface area contributed by atoms with Gasteiger partial charge >= 0.3 is 5.97 Å². The van der Waals surface area contributed by atoms with E-state index in [1.807, 2.05) is 0 Å². The van der Waals surface area contributed by atoms with Gasteiger partial charge in [0.2, 0.25) is 5.91 Å². The summed E-state index contributed by atoms with van der Waals surface area (Å²) >= 11 is 0. The largest absolute Gasteiger partial charge is 0.462 e. The van der Waals surface area contributed by atoms with E-state index >= 15 is 0 Å². The van der Waals surface area contributed by atoms with Crippen LogP contribution in [-0.2, 0) is 14.3 Å². The van der Waals surface area contributed by atoms with Crippen LogP contribution >= 0.6 is 0 Å². The molecule has 0 aliphatic carbocycles. The van der Waals surface area contributed by atoms with Crippen molar-refractivity contribution in [3.63, 3.8) is 0 Å². The summed E-state index contributed by atoms with van der Waals surface area (Å²) in [7, 11) is 0. The van der Waals surface area contributed by atoms with Crippen molar-refractivity contribution in [3.8, 4) is 0 Å². The monoisotopic (exact) mass is 948 g/mol. The molecule has 392 valence electrons. The molecule has 0 saturated heterocycles. The van der Waals surface area contributed by atoms with Crippen molar-refractivity contribution in [1.29, 1.82) is 0 Å². The zero-order valence-electron chi connectivity index (χ0n) is 44.7. The van der Waals surface area contributed by atoms with Gasteiger partial charge in [0, 0.05) is 6.42 Å². The van der Waals surface area contributed by atoms with Gasteiger partial charge in [0.05, 0.1) is 25.2 Å². The summed E-state index contributed by atoms with van der Waals surface area (Å²) in [5.74, 6) is -0.531. The predicted octanol–water partition coefficient (Wildman–Crippen LogP) is 17.9. The Kier molecular flexibility index (Phi) is 52.6. The molecule has 0 aromatic rings. The Bertz CT molecular complexity index is 1290. The van der Waals surface area contributed by atoms with Crippen LogP contribution in [0.2, 0.25) is 0 Å². The molecular formula is C62H109NO5. The van der Waals surface area contributed by atoms with E-state index in [0.29, 0.717) is 19.3 Å². The molecule has 0 bridgehead atoms. The number of carbonyl (C=O) groups excluding carboxylic acids is 2. The van der Waals surface area contributed by atoms with Crippen molar-refractivity contribution in [1.82, 2.24) is 5.32 Å². The van der Waals surface area contributed by atoms with E-state index in [9.17, 15) is 19.8 Å². The van der Waals surface area contributed by atoms with Gasteiger partial charge in [-0.25, -0.2) is 0 Å². The van der Waals surface area contributed by atoms with Gasteiger partial charge in [-0.3, -0.25) is 9.59 Å². The van der Waals surface area contributed by atoms with E-state index in [-0.39, 0.29) is 24.9 Å². The Morgan fingerprint density at radius 2 is 0.794 bits per heavy atom. The number of carbonyl (C=O) groups is 2. The molecule has 0 aliphatic heterocycles. The Hall–Kier alpha value is -2.96. The fourth-order valence-corrected chi connectivity index (χ4v) is 8.37. The second kappa shape index (κ2) is 55.0. The number of hydrogen-bond acceptors (Lipinski definition) is 5. The predicted molar refractivity (Wildman–Crippen MR) is 296 cm³/mol. The van der Waals surface area contributed by atoms with E-state index < -0.39 is 18.2 Å². The minimum absolute atomic E-state index is 0.0464. The zero-order chi connectivity index (χ0) is 49.5. The number of rotatable bonds is 51. The van der Waals surface area contributed by atoms with Gasteiger partial charge in [0.1, 0.15) is 6.10 Å². The molecule has 0 aromatic heterocycles. The molecule has 0 rings (SSSR count). The minimum atomic E-state index is -0.805. The second-order valence-electron chi connectivity index (χ2n) is 19.3. The van der Waals surface area contributed by atoms with Crippen molar-refractivity contribution in [2.75, 3.05) is 6.61 Å². The van der Waals surface area contributed by atoms with E-state index in [4.69, 9.17) is 4.74 Å². The number of unbranched alkanes of at least 4 members (excludes halogenated alkanes) is 25. The SMILES string of the molecule is CC/C=C/C/C=C/C/C=C/C/C=C/CCCCCC(=O)OC(CCCCCC/C=C\C/C=C\C/C=C\CCCCC)CC(=O)NC(CO)C(O)CCCCCCCCCCCCCCCCCC. The number of aliphatic hydroxyl groups is 2. The number of esters is 1. The molecule has 0 heterocycles. The minimum Gasteiger partial charge on any atom is -0.462 e. The first-order valence-electron chi connectivity index (χ1n) is 28.8. The van der Waals surface area contributed by atoms with E-state index in [2.05, 4.69) is 111 Å². The molecule has 3 N–H and O–H groups in total. The van der Waals surface area contributed by atoms with Crippen molar-refractivity contribution >= 4 is 11.9 Å². The summed E-state index contributed by atoms with van der Waals surface area (Å²) in [5.41, 5.74) is 0. The molecule has 0 aliphatic rings. The Labute approximate surface area is 421 Å². The van der Waals surface area contributed by atoms with Gasteiger partial charge in [-0.05, 0) is 103 Å². The highest BCUT2D eigenvalue weighted by Crippen LogP contribution is 2.18. The summed E-state index contributed by atoms with van der Waals surface area (Å²) < 4.78 is 5.94. The smallest absolute Gasteiger partial charge is 0.306 e. The van der Waals surface area contributed by atoms with Crippen molar-refractivity contribution < 1.29 is 24.5 Å². The number of ether oxygens (including phenoxy) is 1. The topological polar surface area (TPSA) is 95.9 Å². The maximum atomic E-state index is 13.3. The van der Waals surface area contributed by atoms with Crippen LogP contribution in [0.3, 0.4) is 0 Å². The van der Waals surface area contributed by atoms with Crippen LogP contribution < -0.4 is 5.32 Å². The molecule has 6 nitrogen and oxygen atoms in total. The summed E-state index contributed by atoms with van der Waals surface area (Å²) in [6.45, 7) is 6.35. The second-order valence-corrected chi connectivity index (χ2v) is 19.3. The standard InChI is InChI=1S/C62H109NO5/c1-4-7-10-13-16-19-22-25-28-31-32-35-38-41-44-47-50-53-58(68-62(67)55-52-49-46-43-40-37-34-30-27-24-21-18-15-12-9-6-3)56-61(66)63-59(57-64)60(65)54-51-48-45-42-39-36-33-29-26-23-20-17-14-11-8-5-2/h9,12,16,18-19,21,25,27-28,30,32,35,37,40,58-60,64-65H,4-8,10-11,13-15,17,20,22-24,26,29,31,33-34,36,38-39,41-57H2,1-3H3,(H,63,66)/b12-9+,19-16-,21-18+,28-25-,30-27+,35-32-,40-37+. The molecular weight excluding hydrogens is 839 g/mol. The number of aliphatic hydroxyl groups excluding tert-OH is 2. The van der Waals surface area contributed by atoms with Gasteiger partial charge in [0.15, 0.2) is 0 Å². The summed E-state index contributed by atoms with van der Waals surface area (Å²) in [6.07, 6.45) is 72.1. The van der Waals surface area contributed by atoms with E-state index in [0.717, 1.165) is 116 Å². The highest BCUT2D eigenvalue weighted by molar-refractivity contribution is 5.77. The van der Waals surface area contributed by atoms with E-state index in [1.54, 1.807) is 0 Å². The summed E-state index contributed by atoms with van der Waals surface area (Å²) in [5, 5.41) is 23.9. The van der Waals surface area contributed by atoms with Crippen LogP contribution in [0.1, 0.15) is 271 Å². The van der Waals surface area contributed by atoms with Crippen LogP contribution in [0.5, 0.6) is 0 Å². The lowest BCUT2D eigenvalue weighted by Crippen LogP contribution is -2.46. The fraction of sp³-hybridized carbons (Fsp3) is 0.742. The van der Waals surface area contributed by atoms with Crippen LogP contribution in [0.4, 0.5) is 0 Å². The molecule has 0 radical (unpaired) electrons. The van der Waals surface area contributed by atoms with Crippen LogP contribution in [0.15, 0.2) is 85.1 Å². The fourth-order valence-electron chi connectivity index (χ4n) is 8.37. The Balaban J connectivity index is 4.67. The zero-order valence-corrected chi connectivity index (χ0v) is 44.7. The molecule has 3 unspecified atom stereocenters. The maximum absolute atomic E-state index is 13.3. The molecule has 0 fully saturated rings. The average molecular weight is 949 g/mol. The third-order valence-corrected chi connectivity index (χ3v) is 12.7. The normalized spacial score (nSPS) is 13.8. The summed E-state index contributed by atoms with van der Waals surface area (Å²) in [4.78, 5) is 26.3. The number of allylic oxidation sites excluding steroid dienone is 14. The van der Waals surface area contributed by atoms with Gasteiger partial charge in [-0.1, -0.05) is 241 Å². The first kappa shape index (κ1) is 65.0. The van der Waals surface area contributed by atoms with Gasteiger partial charge in [0.25, 0.3) is 0 Å². The highest BCUT2D eigenvalue weighted by Gasteiger charge is 2.24. The van der Waals surface area contributed by atoms with Gasteiger partial charge in [-0.2, -0.15) is 0 Å². The van der Waals surface area contributed by atoms with Crippen LogP contribution in [-0.4, -0.2) is 46.9 Å². The van der Waals surface area contributed by atoms with Crippen molar-refractivity contribution in [3.05, 3.63) is 85.1 Å². The summed E-state index contributed by atoms with van der Waals surface area (Å²) in [6, 6.07) is -0.721. The average Bonchev–Trinajstić information content (AvgIpc) is 3.33. The highest BCUT2D eigenvalue weighted by atomic mass is 16.5. The van der Waals surface area contributed by atoms with E-state index in [1.165, 1.54) is 109 Å². The van der Waals surface area contributed by atoms with Gasteiger partial charge < -0.3 is 20.3 Å². The van der Waals surface area contributed by atoms with Crippen LogP contribution in [0, 0.1) is 0 Å². The lowest BCUT2D eigenvalue weighted by molar-refractivity contribution is -0.151. The lowest BCUT2D eigenvalue weighted by Gasteiger charge is -2.24. The number of hydrogen-bond donors (Lipinski definition) is 3. The number of nitrogens with one attached hydrogen (secondary N) is 1. The lowest BCUT2D eigenvalue weighted by atomic mass is 10.0. The molecule has 1 amide bonds. The van der Waals surface area contributed by atoms with Crippen molar-refractivity contribution in [2.24, 2.45) is 0 Å². The molecule has 68 heavy (non-hydrogen) atoms. The first-order valence-corrected chi connectivity index (χ1v) is 28.8. The molecule has 3 atom stereocenters. The molecule has 6 heteroatoms. The molecule has 0 saturated carbocycles. The van der Waals surface area contributed by atoms with Crippen molar-refractivity contribution in [2.45, 2.75) is 289 Å². The third kappa shape index (κ3) is 49.5. The van der Waals surface area contributed by atoms with Gasteiger partial charge in [-0.15, -0.1) is 0 Å².